The Hall–Kier alpha value is -2.55. The molecule has 0 aliphatic heterocycles. The topological polar surface area (TPSA) is 72.8 Å². The van der Waals surface area contributed by atoms with Gasteiger partial charge in [-0.05, 0) is 30.7 Å². The highest BCUT2D eigenvalue weighted by atomic mass is 32.1. The summed E-state index contributed by atoms with van der Waals surface area (Å²) < 4.78 is 33.8. The van der Waals surface area contributed by atoms with Gasteiger partial charge in [0.25, 0.3) is 0 Å². The predicted molar refractivity (Wildman–Crippen MR) is 85.9 cm³/mol. The molecule has 0 atom stereocenters. The molecule has 1 amide bonds. The zero-order valence-electron chi connectivity index (χ0n) is 13.0. The maximum absolute atomic E-state index is 12.3. The predicted octanol–water partition coefficient (Wildman–Crippen LogP) is 2.75. The van der Waals surface area contributed by atoms with E-state index < -0.39 is 6.61 Å². The molecule has 0 unspecified atom stereocenters. The van der Waals surface area contributed by atoms with Gasteiger partial charge >= 0.3 is 6.61 Å². The van der Waals surface area contributed by atoms with Crippen LogP contribution in [0.3, 0.4) is 0 Å². The van der Waals surface area contributed by atoms with Gasteiger partial charge in [-0.25, -0.2) is 10.4 Å². The third-order valence-electron chi connectivity index (χ3n) is 2.81. The van der Waals surface area contributed by atoms with Crippen LogP contribution in [0.25, 0.3) is 0 Å². The Labute approximate surface area is 141 Å². The van der Waals surface area contributed by atoms with Crippen molar-refractivity contribution >= 4 is 23.5 Å². The standard InChI is InChI=1S/C15H15F2N3O3S/c1-9-19-11(8-24-9)6-14(21)20-18-7-10-3-4-12(23-15(16)17)13(5-10)22-2/h3-5,7-8,15H,6H2,1-2H3,(H,20,21)/b18-7-. The molecule has 0 fully saturated rings. The molecule has 24 heavy (non-hydrogen) atoms. The fraction of sp³-hybridized carbons (Fsp3) is 0.267. The molecule has 0 bridgehead atoms. The van der Waals surface area contributed by atoms with Gasteiger partial charge in [-0.2, -0.15) is 13.9 Å². The van der Waals surface area contributed by atoms with Crippen LogP contribution in [-0.2, 0) is 11.2 Å². The van der Waals surface area contributed by atoms with Gasteiger partial charge in [0.2, 0.25) is 5.91 Å². The molecule has 0 aliphatic rings. The minimum absolute atomic E-state index is 0.0763. The molecule has 1 N–H and O–H groups in total. The number of hydrogen-bond acceptors (Lipinski definition) is 6. The van der Waals surface area contributed by atoms with Crippen LogP contribution in [0.2, 0.25) is 0 Å². The second-order valence-electron chi connectivity index (χ2n) is 4.62. The maximum Gasteiger partial charge on any atom is 0.387 e. The summed E-state index contributed by atoms with van der Waals surface area (Å²) in [5.41, 5.74) is 3.61. The second-order valence-corrected chi connectivity index (χ2v) is 5.68. The van der Waals surface area contributed by atoms with Gasteiger partial charge in [-0.1, -0.05) is 0 Å². The lowest BCUT2D eigenvalue weighted by atomic mass is 10.2. The summed E-state index contributed by atoms with van der Waals surface area (Å²) in [4.78, 5) is 15.9. The van der Waals surface area contributed by atoms with E-state index >= 15 is 0 Å². The highest BCUT2D eigenvalue weighted by molar-refractivity contribution is 7.09. The van der Waals surface area contributed by atoms with Crippen molar-refractivity contribution in [1.82, 2.24) is 10.4 Å². The van der Waals surface area contributed by atoms with Crippen LogP contribution in [0, 0.1) is 6.92 Å². The molecule has 0 spiro atoms. The number of methoxy groups -OCH3 is 1. The average Bonchev–Trinajstić information content (AvgIpc) is 2.93. The second kappa shape index (κ2) is 8.34. The van der Waals surface area contributed by atoms with Gasteiger partial charge in [0.15, 0.2) is 11.5 Å². The maximum atomic E-state index is 12.3. The number of benzene rings is 1. The van der Waals surface area contributed by atoms with Gasteiger partial charge < -0.3 is 9.47 Å². The van der Waals surface area contributed by atoms with Crippen molar-refractivity contribution in [2.24, 2.45) is 5.10 Å². The molecule has 0 saturated carbocycles. The Balaban J connectivity index is 1.94. The molecule has 128 valence electrons. The minimum atomic E-state index is -2.94. The van der Waals surface area contributed by atoms with Crippen molar-refractivity contribution in [2.45, 2.75) is 20.0 Å². The van der Waals surface area contributed by atoms with E-state index in [4.69, 9.17) is 4.74 Å². The molecule has 1 heterocycles. The van der Waals surface area contributed by atoms with Crippen LogP contribution in [0.5, 0.6) is 11.5 Å². The Morgan fingerprint density at radius 3 is 2.88 bits per heavy atom. The smallest absolute Gasteiger partial charge is 0.387 e. The highest BCUT2D eigenvalue weighted by Crippen LogP contribution is 2.28. The fourth-order valence-corrected chi connectivity index (χ4v) is 2.44. The zero-order chi connectivity index (χ0) is 17.5. The van der Waals surface area contributed by atoms with Crippen LogP contribution in [-0.4, -0.2) is 30.8 Å². The van der Waals surface area contributed by atoms with E-state index in [0.29, 0.717) is 11.3 Å². The zero-order valence-corrected chi connectivity index (χ0v) is 13.8. The number of thiazole rings is 1. The molecule has 0 aliphatic carbocycles. The Morgan fingerprint density at radius 2 is 2.25 bits per heavy atom. The van der Waals surface area contributed by atoms with Crippen molar-refractivity contribution in [3.8, 4) is 11.5 Å². The lowest BCUT2D eigenvalue weighted by Crippen LogP contribution is -2.19. The number of rotatable bonds is 7. The first kappa shape index (κ1) is 17.8. The fourth-order valence-electron chi connectivity index (χ4n) is 1.83. The van der Waals surface area contributed by atoms with Crippen molar-refractivity contribution in [3.05, 3.63) is 39.8 Å². The van der Waals surface area contributed by atoms with Crippen molar-refractivity contribution < 1.29 is 23.0 Å². The first-order chi connectivity index (χ1) is 11.5. The van der Waals surface area contributed by atoms with Crippen LogP contribution in [0.4, 0.5) is 8.78 Å². The van der Waals surface area contributed by atoms with Crippen molar-refractivity contribution in [3.63, 3.8) is 0 Å². The molecule has 6 nitrogen and oxygen atoms in total. The van der Waals surface area contributed by atoms with E-state index in [1.807, 2.05) is 12.3 Å². The quantitative estimate of drug-likeness (QED) is 0.612. The van der Waals surface area contributed by atoms with Crippen LogP contribution in [0.1, 0.15) is 16.3 Å². The number of aryl methyl sites for hydroxylation is 1. The summed E-state index contributed by atoms with van der Waals surface area (Å²) in [5, 5.41) is 6.52. The number of nitrogens with one attached hydrogen (secondary N) is 1. The molecule has 1 aromatic heterocycles. The van der Waals surface area contributed by atoms with Crippen LogP contribution in [0.15, 0.2) is 28.7 Å². The lowest BCUT2D eigenvalue weighted by molar-refractivity contribution is -0.120. The number of carbonyl (C=O) groups is 1. The number of hydrazone groups is 1. The van der Waals surface area contributed by atoms with E-state index in [1.54, 1.807) is 0 Å². The number of amides is 1. The number of nitrogens with zero attached hydrogens (tertiary/aromatic N) is 2. The number of alkyl halides is 2. The minimum Gasteiger partial charge on any atom is -0.493 e. The summed E-state index contributed by atoms with van der Waals surface area (Å²) in [6.45, 7) is -1.08. The Kier molecular flexibility index (Phi) is 6.19. The van der Waals surface area contributed by atoms with Gasteiger partial charge in [0.1, 0.15) is 0 Å². The molecule has 0 saturated heterocycles. The van der Waals surface area contributed by atoms with Crippen LogP contribution < -0.4 is 14.9 Å². The lowest BCUT2D eigenvalue weighted by Gasteiger charge is -2.09. The molecular weight excluding hydrogens is 340 g/mol. The van der Waals surface area contributed by atoms with Crippen molar-refractivity contribution in [2.75, 3.05) is 7.11 Å². The largest absolute Gasteiger partial charge is 0.493 e. The first-order valence-corrected chi connectivity index (χ1v) is 7.71. The third-order valence-corrected chi connectivity index (χ3v) is 3.64. The summed E-state index contributed by atoms with van der Waals surface area (Å²) in [6.07, 6.45) is 1.50. The molecule has 9 heteroatoms. The number of ether oxygens (including phenoxy) is 2. The molecule has 1 aromatic carbocycles. The third kappa shape index (κ3) is 5.27. The van der Waals surface area contributed by atoms with E-state index in [9.17, 15) is 13.6 Å². The summed E-state index contributed by atoms with van der Waals surface area (Å²) >= 11 is 1.47. The Morgan fingerprint density at radius 1 is 1.46 bits per heavy atom. The van der Waals surface area contributed by atoms with E-state index in [-0.39, 0.29) is 23.8 Å². The highest BCUT2D eigenvalue weighted by Gasteiger charge is 2.10. The summed E-state index contributed by atoms with van der Waals surface area (Å²) in [7, 11) is 1.34. The molecular formula is C15H15F2N3O3S. The average molecular weight is 355 g/mol. The molecule has 0 radical (unpaired) electrons. The van der Waals surface area contributed by atoms with Crippen LogP contribution >= 0.6 is 11.3 Å². The molecule has 2 rings (SSSR count). The molecule has 2 aromatic rings. The van der Waals surface area contributed by atoms with E-state index in [2.05, 4.69) is 20.2 Å². The first-order valence-electron chi connectivity index (χ1n) is 6.83. The summed E-state index contributed by atoms with van der Waals surface area (Å²) in [6, 6.07) is 4.32. The van der Waals surface area contributed by atoms with Gasteiger partial charge in [-0.15, -0.1) is 11.3 Å². The number of carbonyl (C=O) groups excluding carboxylic acids is 1. The van der Waals surface area contributed by atoms with Gasteiger partial charge in [0, 0.05) is 5.38 Å². The number of aromatic nitrogens is 1. The monoisotopic (exact) mass is 355 g/mol. The number of halogens is 2. The van der Waals surface area contributed by atoms with E-state index in [0.717, 1.165) is 5.01 Å². The normalized spacial score (nSPS) is 11.0. The number of hydrogen-bond donors (Lipinski definition) is 1. The Bertz CT molecular complexity index is 735. The van der Waals surface area contributed by atoms with Gasteiger partial charge in [0.05, 0.1) is 30.4 Å². The SMILES string of the molecule is COc1cc(/C=N\NC(=O)Cc2csc(C)n2)ccc1OC(F)F. The summed E-state index contributed by atoms with van der Waals surface area (Å²) in [5.74, 6) is -0.239. The van der Waals surface area contributed by atoms with E-state index in [1.165, 1.54) is 42.9 Å². The van der Waals surface area contributed by atoms with Gasteiger partial charge in [-0.3, -0.25) is 4.79 Å². The van der Waals surface area contributed by atoms with Crippen molar-refractivity contribution in [1.29, 1.82) is 0 Å².